The Morgan fingerprint density at radius 1 is 1.29 bits per heavy atom. The van der Waals surface area contributed by atoms with Gasteiger partial charge >= 0.3 is 0 Å². The SMILES string of the molecule is COCCOCC(=O)c1cccc(OC)c1F. The Bertz CT molecular complexity index is 379. The molecule has 0 saturated carbocycles. The molecule has 0 atom stereocenters. The smallest absolute Gasteiger partial charge is 0.191 e. The van der Waals surface area contributed by atoms with Crippen molar-refractivity contribution in [3.63, 3.8) is 0 Å². The zero-order chi connectivity index (χ0) is 12.7. The highest BCUT2D eigenvalue weighted by molar-refractivity contribution is 5.97. The van der Waals surface area contributed by atoms with Gasteiger partial charge in [0.2, 0.25) is 0 Å². The minimum Gasteiger partial charge on any atom is -0.494 e. The third kappa shape index (κ3) is 3.80. The first-order valence-electron chi connectivity index (χ1n) is 5.13. The molecule has 0 saturated heterocycles. The number of ketones is 1. The van der Waals surface area contributed by atoms with Crippen LogP contribution in [0.1, 0.15) is 10.4 Å². The molecular formula is C12H15FO4. The van der Waals surface area contributed by atoms with E-state index in [-0.39, 0.29) is 17.9 Å². The second-order valence-corrected chi connectivity index (χ2v) is 3.29. The average Bonchev–Trinajstić information content (AvgIpc) is 2.34. The van der Waals surface area contributed by atoms with Crippen molar-refractivity contribution in [1.29, 1.82) is 0 Å². The van der Waals surface area contributed by atoms with Gasteiger partial charge in [0, 0.05) is 7.11 Å². The van der Waals surface area contributed by atoms with Crippen LogP contribution in [0.4, 0.5) is 4.39 Å². The molecule has 0 heterocycles. The van der Waals surface area contributed by atoms with Crippen molar-refractivity contribution in [2.75, 3.05) is 34.0 Å². The van der Waals surface area contributed by atoms with Gasteiger partial charge in [0.25, 0.3) is 0 Å². The summed E-state index contributed by atoms with van der Waals surface area (Å²) < 4.78 is 28.3. The molecule has 0 amide bonds. The number of Topliss-reactive ketones (excluding diaryl/α,β-unsaturated/α-hetero) is 1. The number of halogens is 1. The maximum atomic E-state index is 13.7. The summed E-state index contributed by atoms with van der Waals surface area (Å²) in [7, 11) is 2.88. The molecule has 0 spiro atoms. The molecule has 0 bridgehead atoms. The van der Waals surface area contributed by atoms with E-state index in [0.717, 1.165) is 0 Å². The van der Waals surface area contributed by atoms with Crippen LogP contribution in [0.2, 0.25) is 0 Å². The van der Waals surface area contributed by atoms with Gasteiger partial charge in [-0.15, -0.1) is 0 Å². The third-order valence-corrected chi connectivity index (χ3v) is 2.15. The Morgan fingerprint density at radius 2 is 2.06 bits per heavy atom. The van der Waals surface area contributed by atoms with Crippen molar-refractivity contribution in [3.8, 4) is 5.75 Å². The van der Waals surface area contributed by atoms with Gasteiger partial charge < -0.3 is 14.2 Å². The second-order valence-electron chi connectivity index (χ2n) is 3.29. The molecule has 0 fully saturated rings. The molecule has 5 heteroatoms. The Labute approximate surface area is 99.3 Å². The quantitative estimate of drug-likeness (QED) is 0.539. The van der Waals surface area contributed by atoms with Gasteiger partial charge in [0.05, 0.1) is 25.9 Å². The van der Waals surface area contributed by atoms with Gasteiger partial charge in [-0.2, -0.15) is 0 Å². The number of carbonyl (C=O) groups is 1. The van der Waals surface area contributed by atoms with Crippen molar-refractivity contribution >= 4 is 5.78 Å². The molecule has 0 aromatic heterocycles. The number of hydrogen-bond donors (Lipinski definition) is 0. The summed E-state index contributed by atoms with van der Waals surface area (Å²) in [5.41, 5.74) is -0.0261. The van der Waals surface area contributed by atoms with Crippen molar-refractivity contribution < 1.29 is 23.4 Å². The number of carbonyl (C=O) groups excluding carboxylic acids is 1. The zero-order valence-corrected chi connectivity index (χ0v) is 9.86. The summed E-state index contributed by atoms with van der Waals surface area (Å²) in [4.78, 5) is 11.6. The second kappa shape index (κ2) is 6.98. The number of rotatable bonds is 7. The summed E-state index contributed by atoms with van der Waals surface area (Å²) in [6.45, 7) is 0.523. The molecule has 17 heavy (non-hydrogen) atoms. The lowest BCUT2D eigenvalue weighted by atomic mass is 10.1. The van der Waals surface area contributed by atoms with E-state index in [9.17, 15) is 9.18 Å². The number of benzene rings is 1. The van der Waals surface area contributed by atoms with Crippen LogP contribution in [0.5, 0.6) is 5.75 Å². The van der Waals surface area contributed by atoms with Crippen molar-refractivity contribution in [3.05, 3.63) is 29.6 Å². The van der Waals surface area contributed by atoms with E-state index in [1.807, 2.05) is 0 Å². The van der Waals surface area contributed by atoms with E-state index in [2.05, 4.69) is 0 Å². The van der Waals surface area contributed by atoms with Crippen LogP contribution in [0.15, 0.2) is 18.2 Å². The zero-order valence-electron chi connectivity index (χ0n) is 9.86. The van der Waals surface area contributed by atoms with Gasteiger partial charge in [-0.05, 0) is 12.1 Å². The number of ether oxygens (including phenoxy) is 3. The number of methoxy groups -OCH3 is 2. The first-order valence-corrected chi connectivity index (χ1v) is 5.13. The highest BCUT2D eigenvalue weighted by Gasteiger charge is 2.15. The van der Waals surface area contributed by atoms with E-state index in [4.69, 9.17) is 14.2 Å². The molecule has 0 aliphatic rings. The molecular weight excluding hydrogens is 227 g/mol. The topological polar surface area (TPSA) is 44.8 Å². The minimum atomic E-state index is -0.657. The third-order valence-electron chi connectivity index (χ3n) is 2.15. The normalized spacial score (nSPS) is 10.3. The van der Waals surface area contributed by atoms with Gasteiger partial charge in [-0.3, -0.25) is 4.79 Å². The fourth-order valence-corrected chi connectivity index (χ4v) is 1.27. The van der Waals surface area contributed by atoms with Gasteiger partial charge in [-0.1, -0.05) is 6.07 Å². The fraction of sp³-hybridized carbons (Fsp3) is 0.417. The van der Waals surface area contributed by atoms with Gasteiger partial charge in [0.15, 0.2) is 17.3 Å². The summed E-state index contributed by atoms with van der Waals surface area (Å²) >= 11 is 0. The van der Waals surface area contributed by atoms with Crippen LogP contribution >= 0.6 is 0 Å². The molecule has 0 aliphatic carbocycles. The van der Waals surface area contributed by atoms with Crippen molar-refractivity contribution in [1.82, 2.24) is 0 Å². The molecule has 94 valence electrons. The van der Waals surface area contributed by atoms with Crippen molar-refractivity contribution in [2.45, 2.75) is 0 Å². The molecule has 0 aliphatic heterocycles. The van der Waals surface area contributed by atoms with Crippen LogP contribution in [-0.4, -0.2) is 39.8 Å². The summed E-state index contributed by atoms with van der Waals surface area (Å²) in [6.07, 6.45) is 0. The van der Waals surface area contributed by atoms with E-state index < -0.39 is 11.6 Å². The number of hydrogen-bond acceptors (Lipinski definition) is 4. The van der Waals surface area contributed by atoms with Crippen LogP contribution in [-0.2, 0) is 9.47 Å². The van der Waals surface area contributed by atoms with E-state index in [1.165, 1.54) is 26.4 Å². The summed E-state index contributed by atoms with van der Waals surface area (Å²) in [5, 5.41) is 0. The fourth-order valence-electron chi connectivity index (χ4n) is 1.27. The van der Waals surface area contributed by atoms with Crippen molar-refractivity contribution in [2.24, 2.45) is 0 Å². The molecule has 1 aromatic rings. The Morgan fingerprint density at radius 3 is 2.71 bits per heavy atom. The Hall–Kier alpha value is -1.46. The molecule has 0 unspecified atom stereocenters. The van der Waals surface area contributed by atoms with Crippen LogP contribution in [0.3, 0.4) is 0 Å². The van der Waals surface area contributed by atoms with Crippen LogP contribution < -0.4 is 4.74 Å². The summed E-state index contributed by atoms with van der Waals surface area (Å²) in [6, 6.07) is 4.42. The lowest BCUT2D eigenvalue weighted by Gasteiger charge is -2.07. The molecule has 0 N–H and O–H groups in total. The lowest BCUT2D eigenvalue weighted by molar-refractivity contribution is 0.0573. The van der Waals surface area contributed by atoms with E-state index in [1.54, 1.807) is 6.07 Å². The molecule has 0 radical (unpaired) electrons. The first-order chi connectivity index (χ1) is 8.20. The largest absolute Gasteiger partial charge is 0.494 e. The highest BCUT2D eigenvalue weighted by atomic mass is 19.1. The minimum absolute atomic E-state index is 0.0261. The first kappa shape index (κ1) is 13.6. The van der Waals surface area contributed by atoms with Crippen LogP contribution in [0, 0.1) is 5.82 Å². The highest BCUT2D eigenvalue weighted by Crippen LogP contribution is 2.20. The standard InChI is InChI=1S/C12H15FO4/c1-15-6-7-17-8-10(14)9-4-3-5-11(16-2)12(9)13/h3-5H,6-8H2,1-2H3. The maximum Gasteiger partial charge on any atom is 0.191 e. The molecule has 1 rings (SSSR count). The molecule has 1 aromatic carbocycles. The average molecular weight is 242 g/mol. The monoisotopic (exact) mass is 242 g/mol. The van der Waals surface area contributed by atoms with E-state index >= 15 is 0 Å². The van der Waals surface area contributed by atoms with Crippen LogP contribution in [0.25, 0.3) is 0 Å². The lowest BCUT2D eigenvalue weighted by Crippen LogP contribution is -2.13. The Kier molecular flexibility index (Phi) is 5.59. The predicted octanol–water partition coefficient (Wildman–Crippen LogP) is 1.68. The Balaban J connectivity index is 2.62. The summed E-state index contributed by atoms with van der Waals surface area (Å²) in [5.74, 6) is -1.03. The van der Waals surface area contributed by atoms with Gasteiger partial charge in [0.1, 0.15) is 6.61 Å². The molecule has 4 nitrogen and oxygen atoms in total. The van der Waals surface area contributed by atoms with Gasteiger partial charge in [-0.25, -0.2) is 4.39 Å². The van der Waals surface area contributed by atoms with E-state index in [0.29, 0.717) is 13.2 Å². The predicted molar refractivity (Wildman–Crippen MR) is 60.0 cm³/mol. The maximum absolute atomic E-state index is 13.7.